The van der Waals surface area contributed by atoms with Crippen LogP contribution < -0.4 is 16.0 Å². The molecule has 3 N–H and O–H groups in total. The predicted octanol–water partition coefficient (Wildman–Crippen LogP) is 0.991. The molecule has 0 aliphatic heterocycles. The zero-order valence-corrected chi connectivity index (χ0v) is 16.8. The van der Waals surface area contributed by atoms with Crippen molar-refractivity contribution < 1.29 is 22.7 Å². The fourth-order valence-corrected chi connectivity index (χ4v) is 3.30. The van der Waals surface area contributed by atoms with Gasteiger partial charge >= 0.3 is 6.03 Å². The first-order valence-electron chi connectivity index (χ1n) is 8.68. The number of imide groups is 1. The van der Waals surface area contributed by atoms with Gasteiger partial charge in [0.1, 0.15) is 0 Å². The molecule has 0 radical (unpaired) electrons. The van der Waals surface area contributed by atoms with E-state index >= 15 is 0 Å². The molecule has 9 nitrogen and oxygen atoms in total. The number of urea groups is 1. The molecular weight excluding hydrogens is 372 g/mol. The molecular formula is C17H28N4O5S. The Morgan fingerprint density at radius 2 is 1.85 bits per heavy atom. The van der Waals surface area contributed by atoms with E-state index in [1.807, 2.05) is 6.92 Å². The normalized spacial score (nSPS) is 11.3. The minimum atomic E-state index is -3.52. The molecule has 0 aromatic heterocycles. The largest absolute Gasteiger partial charge is 0.383 e. The molecule has 0 spiro atoms. The number of methoxy groups -OCH3 is 1. The van der Waals surface area contributed by atoms with E-state index in [0.717, 1.165) is 12.8 Å². The van der Waals surface area contributed by atoms with Gasteiger partial charge in [-0.15, -0.1) is 0 Å². The highest BCUT2D eigenvalue weighted by atomic mass is 32.2. The van der Waals surface area contributed by atoms with Gasteiger partial charge in [-0.05, 0) is 30.7 Å². The summed E-state index contributed by atoms with van der Waals surface area (Å²) in [5.74, 6) is -0.513. The lowest BCUT2D eigenvalue weighted by Gasteiger charge is -2.17. The Balaban J connectivity index is 2.52. The van der Waals surface area contributed by atoms with E-state index in [0.29, 0.717) is 25.4 Å². The molecule has 3 amide bonds. The van der Waals surface area contributed by atoms with Crippen LogP contribution in [0.1, 0.15) is 19.8 Å². The number of amides is 3. The van der Waals surface area contributed by atoms with Crippen molar-refractivity contribution in [3.05, 3.63) is 24.3 Å². The number of anilines is 1. The van der Waals surface area contributed by atoms with Crippen LogP contribution in [0.15, 0.2) is 29.2 Å². The maximum atomic E-state index is 12.4. The van der Waals surface area contributed by atoms with Gasteiger partial charge < -0.3 is 15.4 Å². The molecule has 1 aromatic rings. The van der Waals surface area contributed by atoms with E-state index in [2.05, 4.69) is 16.0 Å². The molecule has 0 aliphatic carbocycles. The minimum absolute atomic E-state index is 0.125. The smallest absolute Gasteiger partial charge is 0.321 e. The summed E-state index contributed by atoms with van der Waals surface area (Å²) in [5.41, 5.74) is 0.570. The van der Waals surface area contributed by atoms with Gasteiger partial charge in [0.25, 0.3) is 0 Å². The number of hydrogen-bond donors (Lipinski definition) is 3. The summed E-state index contributed by atoms with van der Waals surface area (Å²) in [6.45, 7) is 2.99. The third-order valence-electron chi connectivity index (χ3n) is 3.69. The minimum Gasteiger partial charge on any atom is -0.383 e. The average Bonchev–Trinajstić information content (AvgIpc) is 2.64. The number of unbranched alkanes of at least 4 members (excludes halogenated alkanes) is 1. The van der Waals surface area contributed by atoms with Gasteiger partial charge in [0, 0.05) is 32.9 Å². The maximum Gasteiger partial charge on any atom is 0.321 e. The molecule has 0 bridgehead atoms. The topological polar surface area (TPSA) is 117 Å². The van der Waals surface area contributed by atoms with Crippen LogP contribution in [0.3, 0.4) is 0 Å². The molecule has 0 aliphatic rings. The van der Waals surface area contributed by atoms with E-state index in [9.17, 15) is 18.0 Å². The van der Waals surface area contributed by atoms with Crippen LogP contribution in [0.5, 0.6) is 0 Å². The van der Waals surface area contributed by atoms with Crippen LogP contribution in [-0.4, -0.2) is 65.1 Å². The van der Waals surface area contributed by atoms with Crippen LogP contribution >= 0.6 is 0 Å². The third-order valence-corrected chi connectivity index (χ3v) is 5.56. The zero-order valence-electron chi connectivity index (χ0n) is 15.9. The summed E-state index contributed by atoms with van der Waals surface area (Å²) < 4.78 is 31.0. The second-order valence-corrected chi connectivity index (χ2v) is 7.90. The van der Waals surface area contributed by atoms with Crippen LogP contribution in [-0.2, 0) is 19.6 Å². The van der Waals surface area contributed by atoms with Crippen LogP contribution in [0.2, 0.25) is 0 Å². The number of carbonyl (C=O) groups excluding carboxylic acids is 2. The molecule has 0 saturated heterocycles. The number of benzene rings is 1. The van der Waals surface area contributed by atoms with Gasteiger partial charge in [-0.3, -0.25) is 10.1 Å². The Hall–Kier alpha value is -2.17. The first-order chi connectivity index (χ1) is 12.8. The molecule has 1 aromatic carbocycles. The van der Waals surface area contributed by atoms with Crippen LogP contribution in [0, 0.1) is 0 Å². The van der Waals surface area contributed by atoms with Gasteiger partial charge in [-0.1, -0.05) is 13.3 Å². The summed E-state index contributed by atoms with van der Waals surface area (Å²) >= 11 is 0. The lowest BCUT2D eigenvalue weighted by Crippen LogP contribution is -2.42. The van der Waals surface area contributed by atoms with E-state index in [1.165, 1.54) is 23.5 Å². The highest BCUT2D eigenvalue weighted by Gasteiger charge is 2.19. The number of hydrogen-bond acceptors (Lipinski definition) is 6. The Labute approximate surface area is 160 Å². The van der Waals surface area contributed by atoms with Crippen molar-refractivity contribution in [3.63, 3.8) is 0 Å². The van der Waals surface area contributed by atoms with Gasteiger partial charge in [0.2, 0.25) is 15.9 Å². The van der Waals surface area contributed by atoms with Gasteiger partial charge in [0.15, 0.2) is 0 Å². The molecule has 0 unspecified atom stereocenters. The second-order valence-electron chi connectivity index (χ2n) is 5.85. The van der Waals surface area contributed by atoms with Gasteiger partial charge in [-0.2, -0.15) is 0 Å². The number of rotatable bonds is 11. The first-order valence-corrected chi connectivity index (χ1v) is 10.1. The van der Waals surface area contributed by atoms with Crippen LogP contribution in [0.4, 0.5) is 10.5 Å². The number of nitrogens with one attached hydrogen (secondary N) is 3. The lowest BCUT2D eigenvalue weighted by atomic mass is 10.3. The summed E-state index contributed by atoms with van der Waals surface area (Å²) in [6, 6.07) is 5.51. The van der Waals surface area contributed by atoms with E-state index in [4.69, 9.17) is 4.74 Å². The fraction of sp³-hybridized carbons (Fsp3) is 0.529. The summed E-state index contributed by atoms with van der Waals surface area (Å²) in [7, 11) is -0.460. The Kier molecular flexibility index (Phi) is 9.76. The predicted molar refractivity (Wildman–Crippen MR) is 103 cm³/mol. The van der Waals surface area contributed by atoms with Crippen molar-refractivity contribution >= 4 is 27.6 Å². The SMILES string of the molecule is CCCCN(C)S(=O)(=O)c1ccc(NCC(=O)NC(=O)NCCOC)cc1. The Morgan fingerprint density at radius 3 is 2.44 bits per heavy atom. The molecule has 27 heavy (non-hydrogen) atoms. The van der Waals surface area contributed by atoms with Gasteiger partial charge in [0.05, 0.1) is 18.0 Å². The van der Waals surface area contributed by atoms with Crippen molar-refractivity contribution in [1.82, 2.24) is 14.9 Å². The van der Waals surface area contributed by atoms with Gasteiger partial charge in [-0.25, -0.2) is 17.5 Å². The van der Waals surface area contributed by atoms with E-state index in [-0.39, 0.29) is 11.4 Å². The summed E-state index contributed by atoms with van der Waals surface area (Å²) in [4.78, 5) is 23.3. The molecule has 0 saturated carbocycles. The van der Waals surface area contributed by atoms with Crippen molar-refractivity contribution in [2.75, 3.05) is 45.7 Å². The molecule has 1 rings (SSSR count). The van der Waals surface area contributed by atoms with Crippen molar-refractivity contribution in [3.8, 4) is 0 Å². The fourth-order valence-electron chi connectivity index (χ4n) is 2.09. The van der Waals surface area contributed by atoms with Crippen molar-refractivity contribution in [2.24, 2.45) is 0 Å². The molecule has 0 heterocycles. The number of sulfonamides is 1. The third kappa shape index (κ3) is 7.94. The number of ether oxygens (including phenoxy) is 1. The summed E-state index contributed by atoms with van der Waals surface area (Å²) in [5, 5.41) is 7.47. The molecule has 10 heteroatoms. The standard InChI is InChI=1S/C17H28N4O5S/c1-4-5-11-21(2)27(24,25)15-8-6-14(7-9-15)19-13-16(22)20-17(23)18-10-12-26-3/h6-9,19H,4-5,10-13H2,1-3H3,(H2,18,20,22,23). The highest BCUT2D eigenvalue weighted by molar-refractivity contribution is 7.89. The van der Waals surface area contributed by atoms with Crippen LogP contribution in [0.25, 0.3) is 0 Å². The highest BCUT2D eigenvalue weighted by Crippen LogP contribution is 2.17. The van der Waals surface area contributed by atoms with Crippen molar-refractivity contribution in [1.29, 1.82) is 0 Å². The first kappa shape index (κ1) is 22.9. The zero-order chi connectivity index (χ0) is 20.3. The molecule has 152 valence electrons. The maximum absolute atomic E-state index is 12.4. The van der Waals surface area contributed by atoms with Crippen molar-refractivity contribution in [2.45, 2.75) is 24.7 Å². The monoisotopic (exact) mass is 400 g/mol. The molecule has 0 fully saturated rings. The second kappa shape index (κ2) is 11.5. The number of nitrogens with zero attached hydrogens (tertiary/aromatic N) is 1. The average molecular weight is 401 g/mol. The quantitative estimate of drug-likeness (QED) is 0.477. The lowest BCUT2D eigenvalue weighted by molar-refractivity contribution is -0.118. The van der Waals surface area contributed by atoms with E-state index < -0.39 is 22.0 Å². The Morgan fingerprint density at radius 1 is 1.19 bits per heavy atom. The number of carbonyl (C=O) groups is 2. The Bertz CT molecular complexity index is 707. The summed E-state index contributed by atoms with van der Waals surface area (Å²) in [6.07, 6.45) is 1.71. The van der Waals surface area contributed by atoms with E-state index in [1.54, 1.807) is 19.2 Å². The molecule has 0 atom stereocenters.